The van der Waals surface area contributed by atoms with E-state index < -0.39 is 15.8 Å². The van der Waals surface area contributed by atoms with Gasteiger partial charge in [0.1, 0.15) is 5.82 Å². The lowest BCUT2D eigenvalue weighted by atomic mass is 10.2. The summed E-state index contributed by atoms with van der Waals surface area (Å²) in [6.45, 7) is 1.86. The number of hydrogen-bond donors (Lipinski definition) is 0. The first kappa shape index (κ1) is 17.2. The van der Waals surface area contributed by atoms with Gasteiger partial charge in [0.2, 0.25) is 21.7 Å². The molecule has 0 atom stereocenters. The summed E-state index contributed by atoms with van der Waals surface area (Å²) < 4.78 is 44.7. The molecule has 1 heterocycles. The molecule has 0 unspecified atom stereocenters. The molecule has 130 valence electrons. The average Bonchev–Trinajstić information content (AvgIpc) is 3.09. The van der Waals surface area contributed by atoms with Crippen LogP contribution in [0.15, 0.2) is 64.0 Å². The summed E-state index contributed by atoms with van der Waals surface area (Å²) in [6, 6.07) is 13.9. The van der Waals surface area contributed by atoms with Crippen LogP contribution in [0.4, 0.5) is 4.39 Å². The molecule has 3 rings (SSSR count). The van der Waals surface area contributed by atoms with Crippen LogP contribution in [0.3, 0.4) is 0 Å². The lowest BCUT2D eigenvalue weighted by molar-refractivity contribution is 0.321. The predicted molar refractivity (Wildman–Crippen MR) is 89.4 cm³/mol. The van der Waals surface area contributed by atoms with Crippen molar-refractivity contribution < 1.29 is 17.3 Å². The molecule has 8 heteroatoms. The zero-order chi connectivity index (χ0) is 17.9. The highest BCUT2D eigenvalue weighted by Gasteiger charge is 2.25. The second-order valence-electron chi connectivity index (χ2n) is 5.26. The molecule has 2 aromatic carbocycles. The van der Waals surface area contributed by atoms with Crippen molar-refractivity contribution in [3.8, 4) is 11.4 Å². The van der Waals surface area contributed by atoms with Crippen molar-refractivity contribution in [2.75, 3.05) is 6.54 Å². The lowest BCUT2D eigenvalue weighted by Gasteiger charge is -2.18. The number of rotatable bonds is 6. The number of benzene rings is 2. The smallest absolute Gasteiger partial charge is 0.243 e. The SMILES string of the molecule is CCN(Cc1nc(-c2ccccc2)no1)S(=O)(=O)c1ccc(F)cc1. The van der Waals surface area contributed by atoms with Crippen LogP contribution in [0.1, 0.15) is 12.8 Å². The highest BCUT2D eigenvalue weighted by Crippen LogP contribution is 2.20. The molecule has 0 amide bonds. The van der Waals surface area contributed by atoms with Gasteiger partial charge in [-0.15, -0.1) is 0 Å². The van der Waals surface area contributed by atoms with Crippen LogP contribution in [0, 0.1) is 5.82 Å². The summed E-state index contributed by atoms with van der Waals surface area (Å²) in [5, 5.41) is 3.88. The first-order chi connectivity index (χ1) is 12.0. The van der Waals surface area contributed by atoms with Crippen LogP contribution in [0.2, 0.25) is 0 Å². The van der Waals surface area contributed by atoms with Gasteiger partial charge in [0.25, 0.3) is 0 Å². The standard InChI is InChI=1S/C17H16FN3O3S/c1-2-21(25(22,23)15-10-8-14(18)9-11-15)12-16-19-17(20-24-16)13-6-4-3-5-7-13/h3-11H,2,12H2,1H3. The van der Waals surface area contributed by atoms with Gasteiger partial charge in [0.05, 0.1) is 11.4 Å². The Kier molecular flexibility index (Phi) is 4.91. The third-order valence-electron chi connectivity index (χ3n) is 3.62. The normalized spacial score (nSPS) is 11.8. The summed E-state index contributed by atoms with van der Waals surface area (Å²) in [7, 11) is -3.78. The summed E-state index contributed by atoms with van der Waals surface area (Å²) in [4.78, 5) is 4.26. The van der Waals surface area contributed by atoms with Gasteiger partial charge in [-0.25, -0.2) is 12.8 Å². The molecule has 0 fully saturated rings. The first-order valence-corrected chi connectivity index (χ1v) is 9.08. The molecule has 25 heavy (non-hydrogen) atoms. The van der Waals surface area contributed by atoms with Crippen LogP contribution < -0.4 is 0 Å². The fourth-order valence-electron chi connectivity index (χ4n) is 2.30. The zero-order valence-electron chi connectivity index (χ0n) is 13.5. The maximum Gasteiger partial charge on any atom is 0.243 e. The van der Waals surface area contributed by atoms with E-state index in [1.54, 1.807) is 6.92 Å². The Labute approximate surface area is 145 Å². The summed E-state index contributed by atoms with van der Waals surface area (Å²) >= 11 is 0. The Bertz CT molecular complexity index is 941. The molecular weight excluding hydrogens is 345 g/mol. The highest BCUT2D eigenvalue weighted by molar-refractivity contribution is 7.89. The second-order valence-corrected chi connectivity index (χ2v) is 7.20. The van der Waals surface area contributed by atoms with Crippen molar-refractivity contribution in [1.82, 2.24) is 14.4 Å². The Morgan fingerprint density at radius 3 is 2.40 bits per heavy atom. The van der Waals surface area contributed by atoms with Gasteiger partial charge in [0.15, 0.2) is 0 Å². The fourth-order valence-corrected chi connectivity index (χ4v) is 3.70. The topological polar surface area (TPSA) is 76.3 Å². The molecule has 0 saturated carbocycles. The molecule has 0 aliphatic rings. The predicted octanol–water partition coefficient (Wildman–Crippen LogP) is 3.09. The van der Waals surface area contributed by atoms with Gasteiger partial charge in [-0.1, -0.05) is 42.4 Å². The lowest BCUT2D eigenvalue weighted by Crippen LogP contribution is -2.30. The highest BCUT2D eigenvalue weighted by atomic mass is 32.2. The van der Waals surface area contributed by atoms with Gasteiger partial charge >= 0.3 is 0 Å². The monoisotopic (exact) mass is 361 g/mol. The van der Waals surface area contributed by atoms with Crippen LogP contribution >= 0.6 is 0 Å². The van der Waals surface area contributed by atoms with Gasteiger partial charge in [0, 0.05) is 12.1 Å². The van der Waals surface area contributed by atoms with Crippen LogP contribution in [0.25, 0.3) is 11.4 Å². The molecule has 0 spiro atoms. The Morgan fingerprint density at radius 2 is 1.76 bits per heavy atom. The van der Waals surface area contributed by atoms with Gasteiger partial charge in [-0.2, -0.15) is 9.29 Å². The number of nitrogens with zero attached hydrogens (tertiary/aromatic N) is 3. The molecule has 0 radical (unpaired) electrons. The second kappa shape index (κ2) is 7.12. The van der Waals surface area contributed by atoms with Crippen molar-refractivity contribution in [3.05, 3.63) is 66.3 Å². The Balaban J connectivity index is 1.83. The van der Waals surface area contributed by atoms with E-state index in [9.17, 15) is 12.8 Å². The average molecular weight is 361 g/mol. The number of halogens is 1. The first-order valence-electron chi connectivity index (χ1n) is 7.64. The van der Waals surface area contributed by atoms with E-state index >= 15 is 0 Å². The minimum atomic E-state index is -3.78. The minimum Gasteiger partial charge on any atom is -0.338 e. The van der Waals surface area contributed by atoms with E-state index in [-0.39, 0.29) is 23.9 Å². The molecule has 0 N–H and O–H groups in total. The van der Waals surface area contributed by atoms with Crippen LogP contribution in [-0.2, 0) is 16.6 Å². The maximum absolute atomic E-state index is 13.0. The van der Waals surface area contributed by atoms with Gasteiger partial charge < -0.3 is 4.52 Å². The summed E-state index contributed by atoms with van der Waals surface area (Å²) in [6.07, 6.45) is 0. The molecule has 1 aromatic heterocycles. The quantitative estimate of drug-likeness (QED) is 0.674. The molecule has 0 aliphatic heterocycles. The van der Waals surface area contributed by atoms with Gasteiger partial charge in [-0.05, 0) is 24.3 Å². The van der Waals surface area contributed by atoms with Crippen molar-refractivity contribution >= 4 is 10.0 Å². The van der Waals surface area contributed by atoms with Crippen molar-refractivity contribution in [2.24, 2.45) is 0 Å². The molecule has 6 nitrogen and oxygen atoms in total. The molecule has 0 aliphatic carbocycles. The zero-order valence-corrected chi connectivity index (χ0v) is 14.3. The molecule has 3 aromatic rings. The minimum absolute atomic E-state index is 0.0125. The van der Waals surface area contributed by atoms with Gasteiger partial charge in [-0.3, -0.25) is 0 Å². The largest absolute Gasteiger partial charge is 0.338 e. The third kappa shape index (κ3) is 3.75. The Morgan fingerprint density at radius 1 is 1.08 bits per heavy atom. The number of hydrogen-bond acceptors (Lipinski definition) is 5. The summed E-state index contributed by atoms with van der Waals surface area (Å²) in [5.74, 6) is 0.0867. The van der Waals surface area contributed by atoms with E-state index in [1.807, 2.05) is 30.3 Å². The number of sulfonamides is 1. The molecule has 0 bridgehead atoms. The van der Waals surface area contributed by atoms with E-state index in [0.717, 1.165) is 17.7 Å². The van der Waals surface area contributed by atoms with E-state index in [4.69, 9.17) is 4.52 Å². The van der Waals surface area contributed by atoms with Crippen molar-refractivity contribution in [1.29, 1.82) is 0 Å². The maximum atomic E-state index is 13.0. The fraction of sp³-hybridized carbons (Fsp3) is 0.176. The van der Waals surface area contributed by atoms with Crippen LogP contribution in [-0.4, -0.2) is 29.4 Å². The van der Waals surface area contributed by atoms with E-state index in [2.05, 4.69) is 10.1 Å². The number of aromatic nitrogens is 2. The third-order valence-corrected chi connectivity index (χ3v) is 5.55. The van der Waals surface area contributed by atoms with Crippen LogP contribution in [0.5, 0.6) is 0 Å². The van der Waals surface area contributed by atoms with Crippen molar-refractivity contribution in [3.63, 3.8) is 0 Å². The van der Waals surface area contributed by atoms with E-state index in [0.29, 0.717) is 5.82 Å². The molecular formula is C17H16FN3O3S. The molecule has 0 saturated heterocycles. The Hall–Kier alpha value is -2.58. The summed E-state index contributed by atoms with van der Waals surface area (Å²) in [5.41, 5.74) is 0.780. The van der Waals surface area contributed by atoms with Crippen molar-refractivity contribution in [2.45, 2.75) is 18.4 Å². The van der Waals surface area contributed by atoms with E-state index in [1.165, 1.54) is 16.4 Å².